The molecule has 1 aromatic carbocycles. The number of benzene rings is 1. The number of carbonyl (C=O) groups is 1. The van der Waals surface area contributed by atoms with Gasteiger partial charge in [0.05, 0.1) is 24.8 Å². The molecule has 0 fully saturated rings. The highest BCUT2D eigenvalue weighted by Crippen LogP contribution is 2.11. The number of aliphatic hydroxyl groups excluding tert-OH is 1. The van der Waals surface area contributed by atoms with E-state index in [9.17, 15) is 13.2 Å². The van der Waals surface area contributed by atoms with Gasteiger partial charge >= 0.3 is 0 Å². The van der Waals surface area contributed by atoms with Gasteiger partial charge in [-0.25, -0.2) is 8.42 Å². The van der Waals surface area contributed by atoms with Crippen LogP contribution in [0.1, 0.15) is 19.4 Å². The Morgan fingerprint density at radius 1 is 1.25 bits per heavy atom. The van der Waals surface area contributed by atoms with E-state index in [1.807, 2.05) is 0 Å². The molecule has 0 spiro atoms. The predicted octanol–water partition coefficient (Wildman–Crippen LogP) is 0.488. The molecule has 0 unspecified atom stereocenters. The third kappa shape index (κ3) is 6.03. The first kappa shape index (κ1) is 16.5. The van der Waals surface area contributed by atoms with E-state index >= 15 is 0 Å². The maximum absolute atomic E-state index is 11.8. The van der Waals surface area contributed by atoms with Crippen LogP contribution in [0.5, 0.6) is 0 Å². The summed E-state index contributed by atoms with van der Waals surface area (Å²) in [6.07, 6.45) is 1.24. The Morgan fingerprint density at radius 2 is 1.80 bits per heavy atom. The van der Waals surface area contributed by atoms with Crippen molar-refractivity contribution in [3.05, 3.63) is 29.8 Å². The lowest BCUT2D eigenvalue weighted by Gasteiger charge is -2.23. The van der Waals surface area contributed by atoms with Crippen LogP contribution in [-0.2, 0) is 21.2 Å². The van der Waals surface area contributed by atoms with Crippen LogP contribution in [-0.4, -0.2) is 37.8 Å². The average molecular weight is 300 g/mol. The second-order valence-corrected chi connectivity index (χ2v) is 7.09. The van der Waals surface area contributed by atoms with Gasteiger partial charge in [0.1, 0.15) is 0 Å². The minimum Gasteiger partial charge on any atom is -0.394 e. The number of aliphatic hydroxyl groups is 1. The Morgan fingerprint density at radius 3 is 2.25 bits per heavy atom. The summed E-state index contributed by atoms with van der Waals surface area (Å²) in [6.45, 7) is 3.31. The van der Waals surface area contributed by atoms with Crippen molar-refractivity contribution in [3.63, 3.8) is 0 Å². The zero-order valence-corrected chi connectivity index (χ0v) is 12.6. The van der Waals surface area contributed by atoms with Gasteiger partial charge in [-0.3, -0.25) is 9.52 Å². The minimum atomic E-state index is -3.30. The molecular formula is C13H20N2O4S. The molecule has 1 aromatic rings. The number of carbonyl (C=O) groups excluding carboxylic acids is 1. The lowest BCUT2D eigenvalue weighted by Crippen LogP contribution is -2.46. The molecule has 20 heavy (non-hydrogen) atoms. The summed E-state index contributed by atoms with van der Waals surface area (Å²) in [7, 11) is -3.30. The van der Waals surface area contributed by atoms with Crippen molar-refractivity contribution in [3.8, 4) is 0 Å². The Hall–Kier alpha value is -1.60. The summed E-state index contributed by atoms with van der Waals surface area (Å²) >= 11 is 0. The van der Waals surface area contributed by atoms with Gasteiger partial charge in [-0.05, 0) is 31.5 Å². The SMILES string of the molecule is CC(C)(CO)NC(=O)Cc1ccc(NS(C)(=O)=O)cc1. The van der Waals surface area contributed by atoms with Crippen molar-refractivity contribution >= 4 is 21.6 Å². The molecule has 7 heteroatoms. The van der Waals surface area contributed by atoms with Crippen LogP contribution in [0.4, 0.5) is 5.69 Å². The second-order valence-electron chi connectivity index (χ2n) is 5.34. The van der Waals surface area contributed by atoms with E-state index in [2.05, 4.69) is 10.0 Å². The molecule has 1 rings (SSSR count). The van der Waals surface area contributed by atoms with Gasteiger partial charge in [-0.1, -0.05) is 12.1 Å². The van der Waals surface area contributed by atoms with E-state index in [4.69, 9.17) is 5.11 Å². The van der Waals surface area contributed by atoms with Crippen molar-refractivity contribution in [2.45, 2.75) is 25.8 Å². The predicted molar refractivity (Wildman–Crippen MR) is 77.9 cm³/mol. The van der Waals surface area contributed by atoms with Crippen LogP contribution >= 0.6 is 0 Å². The molecule has 0 heterocycles. The standard InChI is InChI=1S/C13H20N2O4S/c1-13(2,9-16)14-12(17)8-10-4-6-11(7-5-10)15-20(3,18)19/h4-7,15-16H,8-9H2,1-3H3,(H,14,17). The molecule has 3 N–H and O–H groups in total. The molecule has 0 aliphatic rings. The first-order valence-corrected chi connectivity index (χ1v) is 7.99. The largest absolute Gasteiger partial charge is 0.394 e. The van der Waals surface area contributed by atoms with Gasteiger partial charge < -0.3 is 10.4 Å². The van der Waals surface area contributed by atoms with Crippen LogP contribution in [0.3, 0.4) is 0 Å². The lowest BCUT2D eigenvalue weighted by molar-refractivity contribution is -0.122. The van der Waals surface area contributed by atoms with E-state index in [1.54, 1.807) is 38.1 Å². The fraction of sp³-hybridized carbons (Fsp3) is 0.462. The summed E-state index contributed by atoms with van der Waals surface area (Å²) in [6, 6.07) is 6.56. The van der Waals surface area contributed by atoms with E-state index < -0.39 is 15.6 Å². The van der Waals surface area contributed by atoms with Gasteiger partial charge in [0.25, 0.3) is 0 Å². The van der Waals surface area contributed by atoms with Crippen LogP contribution < -0.4 is 10.0 Å². The van der Waals surface area contributed by atoms with Crippen LogP contribution in [0.2, 0.25) is 0 Å². The zero-order chi connectivity index (χ0) is 15.4. The average Bonchev–Trinajstić information content (AvgIpc) is 2.29. The molecule has 0 aromatic heterocycles. The molecule has 0 atom stereocenters. The lowest BCUT2D eigenvalue weighted by atomic mass is 10.1. The van der Waals surface area contributed by atoms with Gasteiger partial charge in [0, 0.05) is 5.69 Å². The molecule has 0 radical (unpaired) electrons. The van der Waals surface area contributed by atoms with Crippen LogP contribution in [0, 0.1) is 0 Å². The van der Waals surface area contributed by atoms with Gasteiger partial charge in [-0.15, -0.1) is 0 Å². The highest BCUT2D eigenvalue weighted by atomic mass is 32.2. The smallest absolute Gasteiger partial charge is 0.229 e. The number of sulfonamides is 1. The fourth-order valence-electron chi connectivity index (χ4n) is 1.55. The summed E-state index contributed by atoms with van der Waals surface area (Å²) in [5.74, 6) is -0.201. The molecule has 1 amide bonds. The third-order valence-electron chi connectivity index (χ3n) is 2.49. The van der Waals surface area contributed by atoms with E-state index in [0.717, 1.165) is 11.8 Å². The highest BCUT2D eigenvalue weighted by molar-refractivity contribution is 7.92. The molecule has 112 valence electrons. The quantitative estimate of drug-likeness (QED) is 0.712. The molecular weight excluding hydrogens is 280 g/mol. The van der Waals surface area contributed by atoms with Crippen molar-refractivity contribution in [2.24, 2.45) is 0 Å². The Balaban J connectivity index is 2.64. The second kappa shape index (κ2) is 6.23. The number of hydrogen-bond donors (Lipinski definition) is 3. The Labute approximate surface area is 119 Å². The summed E-state index contributed by atoms with van der Waals surface area (Å²) in [5, 5.41) is 11.8. The van der Waals surface area contributed by atoms with E-state index in [1.165, 1.54) is 0 Å². The van der Waals surface area contributed by atoms with Crippen molar-refractivity contribution < 1.29 is 18.3 Å². The molecule has 0 saturated heterocycles. The molecule has 0 saturated carbocycles. The normalized spacial score (nSPS) is 12.0. The van der Waals surface area contributed by atoms with Gasteiger partial charge in [-0.2, -0.15) is 0 Å². The molecule has 0 aliphatic carbocycles. The first-order valence-electron chi connectivity index (χ1n) is 6.10. The summed E-state index contributed by atoms with van der Waals surface area (Å²) < 4.78 is 24.5. The number of amides is 1. The Kier molecular flexibility index (Phi) is 5.13. The number of nitrogens with one attached hydrogen (secondary N) is 2. The van der Waals surface area contributed by atoms with Crippen LogP contribution in [0.15, 0.2) is 24.3 Å². The highest BCUT2D eigenvalue weighted by Gasteiger charge is 2.18. The summed E-state index contributed by atoms with van der Waals surface area (Å²) in [4.78, 5) is 11.8. The molecule has 0 aliphatic heterocycles. The monoisotopic (exact) mass is 300 g/mol. The van der Waals surface area contributed by atoms with E-state index in [-0.39, 0.29) is 18.9 Å². The number of hydrogen-bond acceptors (Lipinski definition) is 4. The van der Waals surface area contributed by atoms with Crippen molar-refractivity contribution in [1.82, 2.24) is 5.32 Å². The molecule has 0 bridgehead atoms. The van der Waals surface area contributed by atoms with Gasteiger partial charge in [0.15, 0.2) is 0 Å². The number of anilines is 1. The Bertz CT molecular complexity index is 565. The van der Waals surface area contributed by atoms with Gasteiger partial charge in [0.2, 0.25) is 15.9 Å². The van der Waals surface area contributed by atoms with Crippen molar-refractivity contribution in [1.29, 1.82) is 0 Å². The maximum Gasteiger partial charge on any atom is 0.229 e. The maximum atomic E-state index is 11.8. The third-order valence-corrected chi connectivity index (χ3v) is 3.10. The fourth-order valence-corrected chi connectivity index (χ4v) is 2.12. The van der Waals surface area contributed by atoms with E-state index in [0.29, 0.717) is 5.69 Å². The zero-order valence-electron chi connectivity index (χ0n) is 11.8. The summed E-state index contributed by atoms with van der Waals surface area (Å²) in [5.41, 5.74) is 0.553. The number of rotatable bonds is 6. The van der Waals surface area contributed by atoms with Crippen molar-refractivity contribution in [2.75, 3.05) is 17.6 Å². The topological polar surface area (TPSA) is 95.5 Å². The molecule has 6 nitrogen and oxygen atoms in total. The first-order chi connectivity index (χ1) is 9.11. The van der Waals surface area contributed by atoms with Crippen LogP contribution in [0.25, 0.3) is 0 Å². The minimum absolute atomic E-state index is 0.143.